The van der Waals surface area contributed by atoms with Crippen molar-refractivity contribution in [3.05, 3.63) is 17.1 Å². The fourth-order valence-corrected chi connectivity index (χ4v) is 7.08. The molecule has 0 saturated carbocycles. The van der Waals surface area contributed by atoms with Gasteiger partial charge in [0.2, 0.25) is 22.8 Å². The first-order valence-electron chi connectivity index (χ1n) is 14.3. The molecule has 4 rings (SSSR count). The molecule has 260 valence electrons. The molecule has 2 aromatic rings. The van der Waals surface area contributed by atoms with Crippen molar-refractivity contribution in [2.24, 2.45) is 5.16 Å². The maximum absolute atomic E-state index is 13.2. The molecule has 23 heteroatoms. The van der Waals surface area contributed by atoms with E-state index in [1.165, 1.54) is 28.2 Å². The maximum atomic E-state index is 13.2. The third kappa shape index (κ3) is 8.89. The number of oxime groups is 1. The van der Waals surface area contributed by atoms with Gasteiger partial charge in [-0.15, -0.1) is 16.9 Å². The predicted molar refractivity (Wildman–Crippen MR) is 171 cm³/mol. The number of fused-ring (bicyclic) bond motifs is 1. The summed E-state index contributed by atoms with van der Waals surface area (Å²) in [6, 6.07) is -1.13. The number of aromatic nitrogens is 6. The Morgan fingerprint density at radius 3 is 2.62 bits per heavy atom. The molecule has 6 N–H and O–H groups in total. The lowest BCUT2D eigenvalue weighted by atomic mass is 10.0. The lowest BCUT2D eigenvalue weighted by Crippen LogP contribution is -2.71. The third-order valence-corrected chi connectivity index (χ3v) is 9.34. The van der Waals surface area contributed by atoms with Crippen molar-refractivity contribution in [1.82, 2.24) is 45.1 Å². The Bertz CT molecular complexity index is 1620. The Morgan fingerprint density at radius 2 is 2.00 bits per heavy atom. The Balaban J connectivity index is 1.39. The molecule has 2 aromatic heterocycles. The third-order valence-electron chi connectivity index (χ3n) is 6.41. The van der Waals surface area contributed by atoms with Gasteiger partial charge in [0, 0.05) is 36.1 Å². The fraction of sp³-hybridized carbons (Fsp3) is 0.560. The number of nitrogens with one attached hydrogen (secondary N) is 2. The summed E-state index contributed by atoms with van der Waals surface area (Å²) >= 11 is 3.20. The summed E-state index contributed by atoms with van der Waals surface area (Å²) in [7, 11) is 0. The summed E-state index contributed by atoms with van der Waals surface area (Å²) < 4.78 is 10.7. The molecule has 3 atom stereocenters. The van der Waals surface area contributed by atoms with Gasteiger partial charge in [0.15, 0.2) is 5.13 Å². The number of carboxylic acid groups (broad SMARTS) is 2. The topological polar surface area (TPSA) is 279 Å². The van der Waals surface area contributed by atoms with Crippen molar-refractivity contribution in [2.75, 3.05) is 23.8 Å². The number of anilines is 1. The van der Waals surface area contributed by atoms with Crippen molar-refractivity contribution >= 4 is 75.7 Å². The lowest BCUT2D eigenvalue weighted by Gasteiger charge is -2.49. The van der Waals surface area contributed by atoms with Crippen molar-refractivity contribution in [1.29, 1.82) is 0 Å². The number of carbonyl (C=O) groups excluding carboxylic acids is 3. The first-order chi connectivity index (χ1) is 22.7. The highest BCUT2D eigenvalue weighted by molar-refractivity contribution is 8.01. The summed E-state index contributed by atoms with van der Waals surface area (Å²) in [5.74, 6) is -4.09. The minimum atomic E-state index is -1.36. The minimum Gasteiger partial charge on any atom is -0.478 e. The van der Waals surface area contributed by atoms with Gasteiger partial charge in [0.25, 0.3) is 11.8 Å². The second-order valence-corrected chi connectivity index (χ2v) is 13.9. The average molecular weight is 728 g/mol. The highest BCUT2D eigenvalue weighted by Gasteiger charge is 2.54. The highest BCUT2D eigenvalue weighted by Crippen LogP contribution is 2.41. The first kappa shape index (κ1) is 36.3. The van der Waals surface area contributed by atoms with Crippen LogP contribution in [0.5, 0.6) is 0 Å². The molecule has 0 spiro atoms. The number of nitrogens with zero attached hydrogens (tertiary/aromatic N) is 8. The number of carboxylic acids is 2. The largest absolute Gasteiger partial charge is 0.478 e. The van der Waals surface area contributed by atoms with Crippen LogP contribution in [0.3, 0.4) is 0 Å². The normalized spacial score (nSPS) is 18.5. The Labute approximate surface area is 285 Å². The van der Waals surface area contributed by atoms with Crippen LogP contribution in [0.1, 0.15) is 46.4 Å². The number of carbonyl (C=O) groups is 5. The van der Waals surface area contributed by atoms with Crippen LogP contribution in [0.15, 0.2) is 21.6 Å². The van der Waals surface area contributed by atoms with Gasteiger partial charge in [0.05, 0.1) is 0 Å². The molecule has 0 aliphatic carbocycles. The zero-order valence-corrected chi connectivity index (χ0v) is 28.6. The highest BCUT2D eigenvalue weighted by atomic mass is 32.2. The number of tetrazole rings is 1. The molecule has 1 saturated heterocycles. The number of nitrogen functional groups attached to an aromatic ring is 1. The number of hydrogen-bond acceptors (Lipinski definition) is 17. The summed E-state index contributed by atoms with van der Waals surface area (Å²) in [5, 5.41) is 39.5. The molecule has 4 heterocycles. The molecule has 2 unspecified atom stereocenters. The van der Waals surface area contributed by atoms with E-state index in [4.69, 9.17) is 15.3 Å². The van der Waals surface area contributed by atoms with Gasteiger partial charge in [0.1, 0.15) is 22.7 Å². The van der Waals surface area contributed by atoms with Crippen LogP contribution in [0, 0.1) is 0 Å². The van der Waals surface area contributed by atoms with Crippen LogP contribution >= 0.6 is 35.1 Å². The number of β-lactam (4-membered cyclic amide) rings is 1. The summed E-state index contributed by atoms with van der Waals surface area (Å²) in [5.41, 5.74) is 4.76. The van der Waals surface area contributed by atoms with E-state index in [2.05, 4.69) is 40.7 Å². The first-order valence-corrected chi connectivity index (χ1v) is 17.1. The number of ether oxygens (including phenoxy) is 1. The van der Waals surface area contributed by atoms with Gasteiger partial charge in [-0.1, -0.05) is 23.8 Å². The van der Waals surface area contributed by atoms with E-state index in [1.54, 1.807) is 27.7 Å². The molecule has 48 heavy (non-hydrogen) atoms. The van der Waals surface area contributed by atoms with Crippen LogP contribution in [0.4, 0.5) is 9.93 Å². The van der Waals surface area contributed by atoms with Crippen molar-refractivity contribution < 1.29 is 43.8 Å². The number of alkyl carbamates (subject to hydrolysis) is 1. The summed E-state index contributed by atoms with van der Waals surface area (Å²) in [4.78, 5) is 72.1. The number of aliphatic carboxylic acids is 2. The Hall–Kier alpha value is -4.51. The molecule has 1 fully saturated rings. The zero-order valence-electron chi connectivity index (χ0n) is 26.1. The predicted octanol–water partition coefficient (Wildman–Crippen LogP) is 0.136. The minimum absolute atomic E-state index is 0.00961. The van der Waals surface area contributed by atoms with Crippen LogP contribution < -0.4 is 16.4 Å². The van der Waals surface area contributed by atoms with E-state index in [9.17, 15) is 34.2 Å². The Kier molecular flexibility index (Phi) is 11.8. The number of thioether (sulfide) groups is 2. The van der Waals surface area contributed by atoms with Crippen molar-refractivity contribution in [3.63, 3.8) is 0 Å². The van der Waals surface area contributed by atoms with Crippen LogP contribution in [-0.4, -0.2) is 121 Å². The molecular formula is C25H33N11O9S3. The molecule has 2 aliphatic rings. The number of hydrogen-bond donors (Lipinski definition) is 5. The van der Waals surface area contributed by atoms with Crippen LogP contribution in [-0.2, 0) is 35.3 Å². The van der Waals surface area contributed by atoms with Crippen molar-refractivity contribution in [2.45, 2.75) is 75.4 Å². The maximum Gasteiger partial charge on any atom is 0.407 e. The molecular weight excluding hydrogens is 695 g/mol. The lowest BCUT2D eigenvalue weighted by molar-refractivity contribution is -0.151. The number of rotatable bonds is 15. The molecule has 0 bridgehead atoms. The second kappa shape index (κ2) is 15.6. The SMILES string of the molecule is CCC(ON=C(C(=O)NC1C(=O)N2C(C(=O)O)=C(CSc3nnnn3CCCNC(=O)OC(C)(C)C)CS[C@H]12)c1nsc(N)n1)C(=O)O. The number of nitrogens with two attached hydrogens (primary N) is 1. The van der Waals surface area contributed by atoms with Gasteiger partial charge in [-0.05, 0) is 49.6 Å². The van der Waals surface area contributed by atoms with Gasteiger partial charge in [-0.3, -0.25) is 14.5 Å². The monoisotopic (exact) mass is 727 g/mol. The summed E-state index contributed by atoms with van der Waals surface area (Å²) in [6.45, 7) is 7.52. The van der Waals surface area contributed by atoms with E-state index < -0.39 is 58.7 Å². The van der Waals surface area contributed by atoms with Crippen molar-refractivity contribution in [3.8, 4) is 0 Å². The van der Waals surface area contributed by atoms with Gasteiger partial charge in [-0.25, -0.2) is 19.1 Å². The zero-order chi connectivity index (χ0) is 35.2. The van der Waals surface area contributed by atoms with E-state index in [1.807, 2.05) is 0 Å². The van der Waals surface area contributed by atoms with Gasteiger partial charge in [-0.2, -0.15) is 9.36 Å². The fourth-order valence-electron chi connectivity index (χ4n) is 4.26. The number of amides is 3. The van der Waals surface area contributed by atoms with E-state index >= 15 is 0 Å². The standard InChI is InChI=1S/C25H33N11O9S3/c1-5-12(20(39)40)45-31-13(16-29-22(26)48-32-16)17(37)28-14-18(38)36-15(21(41)42)11(9-46-19(14)36)10-47-23-30-33-34-35(23)8-6-7-27-24(43)44-25(2,3)4/h12,14,19H,5-10H2,1-4H3,(H,27,43)(H,28,37)(H,39,40)(H,41,42)(H2,26,29,32)/t12?,14?,19-/m1/s1. The smallest absolute Gasteiger partial charge is 0.407 e. The molecule has 20 nitrogen and oxygen atoms in total. The number of aryl methyl sites for hydroxylation is 1. The summed E-state index contributed by atoms with van der Waals surface area (Å²) in [6.07, 6.45) is -1.36. The van der Waals surface area contributed by atoms with Gasteiger partial charge >= 0.3 is 18.0 Å². The average Bonchev–Trinajstić information content (AvgIpc) is 3.65. The molecule has 0 radical (unpaired) electrons. The van der Waals surface area contributed by atoms with Crippen LogP contribution in [0.2, 0.25) is 0 Å². The second-order valence-electron chi connectivity index (χ2n) is 11.1. The molecule has 2 aliphatic heterocycles. The molecule has 3 amide bonds. The Morgan fingerprint density at radius 1 is 1.25 bits per heavy atom. The van der Waals surface area contributed by atoms with E-state index in [0.29, 0.717) is 30.2 Å². The van der Waals surface area contributed by atoms with Gasteiger partial charge < -0.3 is 36.2 Å². The molecule has 0 aromatic carbocycles. The quantitative estimate of drug-likeness (QED) is 0.0536. The van der Waals surface area contributed by atoms with Crippen LogP contribution in [0.25, 0.3) is 0 Å². The van der Waals surface area contributed by atoms with E-state index in [0.717, 1.165) is 16.4 Å². The van der Waals surface area contributed by atoms with E-state index in [-0.39, 0.29) is 34.6 Å².